The third-order valence-corrected chi connectivity index (χ3v) is 7.01. The van der Waals surface area contributed by atoms with Crippen LogP contribution in [0, 0.1) is 0 Å². The maximum Gasteiger partial charge on any atom is 0.293 e. The van der Waals surface area contributed by atoms with Gasteiger partial charge in [0.25, 0.3) is 11.1 Å². The number of rotatable bonds is 12. The van der Waals surface area contributed by atoms with Gasteiger partial charge in [-0.25, -0.2) is 0 Å². The summed E-state index contributed by atoms with van der Waals surface area (Å²) in [6.07, 6.45) is 3.98. The molecule has 1 aliphatic rings. The molecule has 0 aromatic heterocycles. The molecule has 202 valence electrons. The molecule has 0 aliphatic carbocycles. The zero-order valence-corrected chi connectivity index (χ0v) is 23.2. The van der Waals surface area contributed by atoms with E-state index in [2.05, 4.69) is 6.58 Å². The number of benzene rings is 3. The lowest BCUT2D eigenvalue weighted by Crippen LogP contribution is -2.32. The second-order valence-electron chi connectivity index (χ2n) is 8.45. The molecule has 0 spiro atoms. The first kappa shape index (κ1) is 28.1. The van der Waals surface area contributed by atoms with Gasteiger partial charge >= 0.3 is 0 Å². The Balaban J connectivity index is 1.49. The molecule has 0 unspecified atom stereocenters. The molecule has 9 heteroatoms. The second kappa shape index (κ2) is 13.3. The van der Waals surface area contributed by atoms with Gasteiger partial charge in [-0.15, -0.1) is 6.58 Å². The monoisotopic (exact) mass is 565 g/mol. The molecular weight excluding hydrogens is 538 g/mol. The van der Waals surface area contributed by atoms with Gasteiger partial charge in [0.1, 0.15) is 13.2 Å². The molecule has 3 aromatic carbocycles. The fourth-order valence-corrected chi connectivity index (χ4v) is 4.95. The number of imide groups is 1. The number of thioether (sulfide) groups is 1. The smallest absolute Gasteiger partial charge is 0.293 e. The van der Waals surface area contributed by atoms with E-state index >= 15 is 0 Å². The molecule has 39 heavy (non-hydrogen) atoms. The Bertz CT molecular complexity index is 1390. The molecule has 4 rings (SSSR count). The number of para-hydroxylation sites is 2. The van der Waals surface area contributed by atoms with E-state index in [4.69, 9.17) is 30.5 Å². The van der Waals surface area contributed by atoms with Crippen molar-refractivity contribution in [3.05, 3.63) is 99.9 Å². The fraction of sp³-hybridized carbons (Fsp3) is 0.200. The highest BCUT2D eigenvalue weighted by Gasteiger charge is 2.35. The Kier molecular flexibility index (Phi) is 9.57. The Morgan fingerprint density at radius 3 is 2.36 bits per heavy atom. The molecule has 2 amide bonds. The van der Waals surface area contributed by atoms with Crippen molar-refractivity contribution >= 4 is 40.6 Å². The number of methoxy groups -OCH3 is 2. The molecule has 0 N–H and O–H groups in total. The number of amides is 2. The lowest BCUT2D eigenvalue weighted by molar-refractivity contribution is -0.123. The standard InChI is InChI=1S/C30H28ClNO6S/c1-4-7-22-16-21(17-26(36-3)28(22)38-19-20-10-12-23(31)13-11-20)18-27-29(33)32(30(34)39-27)14-15-37-25-9-6-5-8-24(25)35-2/h4-6,8-13,16-18H,1,7,14-15,19H2,2-3H3/b27-18-. The van der Waals surface area contributed by atoms with Gasteiger partial charge in [-0.2, -0.15) is 0 Å². The Morgan fingerprint density at radius 2 is 1.67 bits per heavy atom. The highest BCUT2D eigenvalue weighted by Crippen LogP contribution is 2.37. The normalized spacial score (nSPS) is 14.0. The zero-order chi connectivity index (χ0) is 27.8. The second-order valence-corrected chi connectivity index (χ2v) is 9.88. The van der Waals surface area contributed by atoms with E-state index in [-0.39, 0.29) is 24.3 Å². The van der Waals surface area contributed by atoms with Gasteiger partial charge in [0.2, 0.25) is 0 Å². The minimum absolute atomic E-state index is 0.114. The largest absolute Gasteiger partial charge is 0.493 e. The first-order valence-corrected chi connectivity index (χ1v) is 13.3. The van der Waals surface area contributed by atoms with Crippen LogP contribution < -0.4 is 18.9 Å². The van der Waals surface area contributed by atoms with E-state index in [1.54, 1.807) is 44.6 Å². The minimum atomic E-state index is -0.374. The number of hydrogen-bond acceptors (Lipinski definition) is 7. The van der Waals surface area contributed by atoms with Crippen molar-refractivity contribution in [3.63, 3.8) is 0 Å². The van der Waals surface area contributed by atoms with Crippen molar-refractivity contribution in [3.8, 4) is 23.0 Å². The number of allylic oxidation sites excluding steroid dienone is 1. The summed E-state index contributed by atoms with van der Waals surface area (Å²) in [7, 11) is 3.11. The summed E-state index contributed by atoms with van der Waals surface area (Å²) in [5.41, 5.74) is 2.51. The van der Waals surface area contributed by atoms with Crippen molar-refractivity contribution in [1.29, 1.82) is 0 Å². The third-order valence-electron chi connectivity index (χ3n) is 5.85. The van der Waals surface area contributed by atoms with Crippen molar-refractivity contribution in [1.82, 2.24) is 4.90 Å². The number of carbonyl (C=O) groups is 2. The summed E-state index contributed by atoms with van der Waals surface area (Å²) in [5.74, 6) is 1.85. The SMILES string of the molecule is C=CCc1cc(/C=C2\SC(=O)N(CCOc3ccccc3OC)C2=O)cc(OC)c1OCc1ccc(Cl)cc1. The molecule has 0 atom stereocenters. The predicted octanol–water partition coefficient (Wildman–Crippen LogP) is 6.78. The summed E-state index contributed by atoms with van der Waals surface area (Å²) >= 11 is 6.87. The lowest BCUT2D eigenvalue weighted by Gasteiger charge is -2.16. The van der Waals surface area contributed by atoms with E-state index in [1.807, 2.05) is 42.5 Å². The van der Waals surface area contributed by atoms with Crippen LogP contribution in [0.25, 0.3) is 6.08 Å². The summed E-state index contributed by atoms with van der Waals surface area (Å²) in [6.45, 7) is 4.43. The third kappa shape index (κ3) is 6.96. The lowest BCUT2D eigenvalue weighted by atomic mass is 10.0. The Hall–Kier alpha value is -3.88. The van der Waals surface area contributed by atoms with Gasteiger partial charge in [0.05, 0.1) is 25.7 Å². The van der Waals surface area contributed by atoms with E-state index in [0.717, 1.165) is 22.9 Å². The van der Waals surface area contributed by atoms with Crippen molar-refractivity contribution in [2.75, 3.05) is 27.4 Å². The first-order chi connectivity index (χ1) is 18.9. The zero-order valence-electron chi connectivity index (χ0n) is 21.6. The highest BCUT2D eigenvalue weighted by molar-refractivity contribution is 8.18. The number of halogens is 1. The van der Waals surface area contributed by atoms with Crippen LogP contribution in [0.2, 0.25) is 5.02 Å². The molecule has 1 saturated heterocycles. The molecule has 0 saturated carbocycles. The Morgan fingerprint density at radius 1 is 0.949 bits per heavy atom. The van der Waals surface area contributed by atoms with E-state index in [0.29, 0.717) is 51.5 Å². The van der Waals surface area contributed by atoms with Crippen LogP contribution in [-0.4, -0.2) is 43.4 Å². The van der Waals surface area contributed by atoms with Crippen LogP contribution in [0.5, 0.6) is 23.0 Å². The number of carbonyl (C=O) groups excluding carboxylic acids is 2. The Labute approximate surface area is 237 Å². The fourth-order valence-electron chi connectivity index (χ4n) is 3.95. The molecular formula is C30H28ClNO6S. The van der Waals surface area contributed by atoms with Crippen LogP contribution in [-0.2, 0) is 17.8 Å². The van der Waals surface area contributed by atoms with Gasteiger partial charge in [0, 0.05) is 10.6 Å². The average Bonchev–Trinajstić information content (AvgIpc) is 3.20. The molecule has 7 nitrogen and oxygen atoms in total. The minimum Gasteiger partial charge on any atom is -0.493 e. The van der Waals surface area contributed by atoms with Gasteiger partial charge in [-0.1, -0.05) is 41.9 Å². The van der Waals surface area contributed by atoms with E-state index in [1.165, 1.54) is 4.90 Å². The van der Waals surface area contributed by atoms with Crippen molar-refractivity contribution in [2.45, 2.75) is 13.0 Å². The summed E-state index contributed by atoms with van der Waals surface area (Å²) in [4.78, 5) is 27.2. The summed E-state index contributed by atoms with van der Waals surface area (Å²) in [5, 5.41) is 0.303. The molecule has 3 aromatic rings. The van der Waals surface area contributed by atoms with Crippen LogP contribution >= 0.6 is 23.4 Å². The van der Waals surface area contributed by atoms with Crippen LogP contribution in [0.1, 0.15) is 16.7 Å². The van der Waals surface area contributed by atoms with E-state index in [9.17, 15) is 9.59 Å². The summed E-state index contributed by atoms with van der Waals surface area (Å²) < 4.78 is 22.8. The first-order valence-electron chi connectivity index (χ1n) is 12.1. The quantitative estimate of drug-likeness (QED) is 0.177. The van der Waals surface area contributed by atoms with Gasteiger partial charge in [-0.05, 0) is 71.8 Å². The topological polar surface area (TPSA) is 74.3 Å². The van der Waals surface area contributed by atoms with Crippen molar-refractivity contribution < 1.29 is 28.5 Å². The van der Waals surface area contributed by atoms with Crippen LogP contribution in [0.15, 0.2) is 78.2 Å². The molecule has 1 aliphatic heterocycles. The van der Waals surface area contributed by atoms with Crippen LogP contribution in [0.4, 0.5) is 4.79 Å². The predicted molar refractivity (Wildman–Crippen MR) is 154 cm³/mol. The number of nitrogens with zero attached hydrogens (tertiary/aromatic N) is 1. The van der Waals surface area contributed by atoms with Crippen molar-refractivity contribution in [2.24, 2.45) is 0 Å². The average molecular weight is 566 g/mol. The maximum atomic E-state index is 13.1. The molecule has 0 bridgehead atoms. The highest BCUT2D eigenvalue weighted by atomic mass is 35.5. The maximum absolute atomic E-state index is 13.1. The molecule has 1 fully saturated rings. The van der Waals surface area contributed by atoms with Gasteiger partial charge < -0.3 is 18.9 Å². The van der Waals surface area contributed by atoms with Gasteiger partial charge in [-0.3, -0.25) is 14.5 Å². The van der Waals surface area contributed by atoms with E-state index < -0.39 is 0 Å². The van der Waals surface area contributed by atoms with Gasteiger partial charge in [0.15, 0.2) is 23.0 Å². The number of hydrogen-bond donors (Lipinski definition) is 0. The summed E-state index contributed by atoms with van der Waals surface area (Å²) in [6, 6.07) is 18.3. The molecule has 0 radical (unpaired) electrons. The molecule has 1 heterocycles. The van der Waals surface area contributed by atoms with Crippen LogP contribution in [0.3, 0.4) is 0 Å². The number of ether oxygens (including phenoxy) is 4.